The molecule has 5 nitrogen and oxygen atoms in total. The molecule has 1 aliphatic rings. The van der Waals surface area contributed by atoms with Crippen molar-refractivity contribution in [3.63, 3.8) is 0 Å². The van der Waals surface area contributed by atoms with Crippen LogP contribution in [0.5, 0.6) is 0 Å². The quantitative estimate of drug-likeness (QED) is 0.303. The van der Waals surface area contributed by atoms with E-state index in [-0.39, 0.29) is 0 Å². The molecule has 0 unspecified atom stereocenters. The average Bonchev–Trinajstić information content (AvgIpc) is 3.36. The Labute approximate surface area is 209 Å². The van der Waals surface area contributed by atoms with Gasteiger partial charge >= 0.3 is 0 Å². The highest BCUT2D eigenvalue weighted by Gasteiger charge is 2.23. The number of pyridine rings is 1. The lowest BCUT2D eigenvalue weighted by Crippen LogP contribution is -2.38. The molecule has 0 radical (unpaired) electrons. The summed E-state index contributed by atoms with van der Waals surface area (Å²) in [5.41, 5.74) is 4.69. The Balaban J connectivity index is 1.29. The Hall–Kier alpha value is -3.61. The van der Waals surface area contributed by atoms with Crippen LogP contribution in [0.4, 0.5) is 5.82 Å². The zero-order chi connectivity index (χ0) is 23.5. The molecule has 1 saturated heterocycles. The fourth-order valence-electron chi connectivity index (χ4n) is 4.77. The maximum Gasteiger partial charge on any atom is 0.164 e. The predicted octanol–water partition coefficient (Wildman–Crippen LogP) is 6.50. The van der Waals surface area contributed by atoms with E-state index in [0.717, 1.165) is 59.9 Å². The lowest BCUT2D eigenvalue weighted by atomic mass is 10.0. The van der Waals surface area contributed by atoms with Gasteiger partial charge in [0, 0.05) is 54.6 Å². The van der Waals surface area contributed by atoms with E-state index < -0.39 is 0 Å². The number of likely N-dealkylation sites (tertiary alicyclic amines) is 1. The van der Waals surface area contributed by atoms with Crippen LogP contribution in [0.1, 0.15) is 18.4 Å². The number of aromatic nitrogens is 3. The Morgan fingerprint density at radius 1 is 0.857 bits per heavy atom. The second-order valence-corrected chi connectivity index (χ2v) is 9.87. The maximum absolute atomic E-state index is 5.04. The summed E-state index contributed by atoms with van der Waals surface area (Å²) in [4.78, 5) is 17.8. The summed E-state index contributed by atoms with van der Waals surface area (Å²) in [7, 11) is 0. The lowest BCUT2D eigenvalue weighted by Gasteiger charge is -2.32. The average molecular weight is 478 g/mol. The van der Waals surface area contributed by atoms with Crippen molar-refractivity contribution in [2.45, 2.75) is 25.4 Å². The van der Waals surface area contributed by atoms with Crippen molar-refractivity contribution in [1.29, 1.82) is 0 Å². The number of anilines is 1. The van der Waals surface area contributed by atoms with E-state index in [1.807, 2.05) is 18.3 Å². The Morgan fingerprint density at radius 3 is 2.34 bits per heavy atom. The third-order valence-electron chi connectivity index (χ3n) is 6.62. The summed E-state index contributed by atoms with van der Waals surface area (Å²) < 4.78 is 0. The summed E-state index contributed by atoms with van der Waals surface area (Å²) in [6.45, 7) is 3.16. The molecule has 6 rings (SSSR count). The number of rotatable bonds is 6. The van der Waals surface area contributed by atoms with Gasteiger partial charge in [-0.1, -0.05) is 60.7 Å². The van der Waals surface area contributed by atoms with Crippen LogP contribution in [0.3, 0.4) is 0 Å². The van der Waals surface area contributed by atoms with E-state index in [1.54, 1.807) is 17.5 Å². The number of nitrogens with zero attached hydrogens (tertiary/aromatic N) is 4. The summed E-state index contributed by atoms with van der Waals surface area (Å²) in [6.07, 6.45) is 5.79. The van der Waals surface area contributed by atoms with Crippen molar-refractivity contribution in [1.82, 2.24) is 19.9 Å². The van der Waals surface area contributed by atoms with Gasteiger partial charge in [-0.25, -0.2) is 9.97 Å². The van der Waals surface area contributed by atoms with E-state index in [0.29, 0.717) is 6.04 Å². The molecule has 3 aromatic heterocycles. The molecule has 2 aromatic carbocycles. The smallest absolute Gasteiger partial charge is 0.164 e. The number of fused-ring (bicyclic) bond motifs is 1. The van der Waals surface area contributed by atoms with Gasteiger partial charge in [0.15, 0.2) is 5.82 Å². The van der Waals surface area contributed by atoms with Crippen LogP contribution in [-0.2, 0) is 6.54 Å². The van der Waals surface area contributed by atoms with Crippen LogP contribution >= 0.6 is 11.3 Å². The molecule has 0 atom stereocenters. The molecule has 0 saturated carbocycles. The van der Waals surface area contributed by atoms with Crippen LogP contribution < -0.4 is 5.32 Å². The normalized spacial score (nSPS) is 14.9. The van der Waals surface area contributed by atoms with Crippen molar-refractivity contribution in [3.8, 4) is 22.5 Å². The number of piperidine rings is 1. The SMILES string of the molecule is c1ccc(CN2CCC(Nc3nc(-c4cccnc4)nc4scc(-c5ccccc5)c34)CC2)cc1. The maximum atomic E-state index is 5.04. The monoisotopic (exact) mass is 477 g/mol. The van der Waals surface area contributed by atoms with E-state index >= 15 is 0 Å². The Kier molecular flexibility index (Phi) is 6.22. The first-order chi connectivity index (χ1) is 17.3. The highest BCUT2D eigenvalue weighted by Crippen LogP contribution is 2.38. The molecule has 35 heavy (non-hydrogen) atoms. The summed E-state index contributed by atoms with van der Waals surface area (Å²) in [6, 6.07) is 25.6. The van der Waals surface area contributed by atoms with Gasteiger partial charge in [0.25, 0.3) is 0 Å². The van der Waals surface area contributed by atoms with Gasteiger partial charge in [-0.2, -0.15) is 0 Å². The predicted molar refractivity (Wildman–Crippen MR) is 144 cm³/mol. The van der Waals surface area contributed by atoms with Crippen LogP contribution in [0.15, 0.2) is 90.6 Å². The molecule has 0 bridgehead atoms. The van der Waals surface area contributed by atoms with Gasteiger partial charge in [-0.15, -0.1) is 11.3 Å². The summed E-state index contributed by atoms with van der Waals surface area (Å²) in [5.74, 6) is 1.64. The van der Waals surface area contributed by atoms with Gasteiger partial charge in [0.2, 0.25) is 0 Å². The van der Waals surface area contributed by atoms with E-state index in [1.165, 1.54) is 16.7 Å². The minimum absolute atomic E-state index is 0.380. The number of benzene rings is 2. The van der Waals surface area contributed by atoms with Crippen molar-refractivity contribution in [3.05, 3.63) is 96.1 Å². The second-order valence-electron chi connectivity index (χ2n) is 9.01. The molecule has 0 aliphatic carbocycles. The molecule has 0 amide bonds. The minimum atomic E-state index is 0.380. The zero-order valence-electron chi connectivity index (χ0n) is 19.5. The molecule has 5 aromatic rings. The highest BCUT2D eigenvalue weighted by molar-refractivity contribution is 7.17. The topological polar surface area (TPSA) is 53.9 Å². The molecule has 1 aliphatic heterocycles. The zero-order valence-corrected chi connectivity index (χ0v) is 20.3. The molecule has 6 heteroatoms. The number of thiophene rings is 1. The van der Waals surface area contributed by atoms with Gasteiger partial charge in [-0.3, -0.25) is 9.88 Å². The fraction of sp³-hybridized carbons (Fsp3) is 0.207. The van der Waals surface area contributed by atoms with Crippen molar-refractivity contribution >= 4 is 27.4 Å². The molecule has 1 fully saturated rings. The first kappa shape index (κ1) is 21.9. The van der Waals surface area contributed by atoms with Crippen LogP contribution in [0.2, 0.25) is 0 Å². The largest absolute Gasteiger partial charge is 0.367 e. The molecule has 4 heterocycles. The van der Waals surface area contributed by atoms with Gasteiger partial charge < -0.3 is 5.32 Å². The summed E-state index contributed by atoms with van der Waals surface area (Å²) >= 11 is 1.68. The highest BCUT2D eigenvalue weighted by atomic mass is 32.1. The molecule has 1 N–H and O–H groups in total. The standard InChI is InChI=1S/C29H27N5S/c1-3-8-21(9-4-1)19-34-16-13-24(14-17-34)31-28-26-25(22-10-5-2-6-11-22)20-35-29(26)33-27(32-28)23-12-7-15-30-18-23/h1-12,15,18,20,24H,13-14,16-17,19H2,(H,31,32,33). The molecule has 0 spiro atoms. The van der Waals surface area contributed by atoms with Crippen molar-refractivity contribution < 1.29 is 0 Å². The number of nitrogens with one attached hydrogen (secondary N) is 1. The molecular formula is C29H27N5S. The first-order valence-corrected chi connectivity index (χ1v) is 13.0. The van der Waals surface area contributed by atoms with Gasteiger partial charge in [0.1, 0.15) is 10.6 Å². The van der Waals surface area contributed by atoms with Crippen LogP contribution in [-0.4, -0.2) is 39.0 Å². The molecule has 174 valence electrons. The van der Waals surface area contributed by atoms with Crippen molar-refractivity contribution in [2.24, 2.45) is 0 Å². The Bertz CT molecular complexity index is 1400. The van der Waals surface area contributed by atoms with E-state index in [9.17, 15) is 0 Å². The van der Waals surface area contributed by atoms with Crippen molar-refractivity contribution in [2.75, 3.05) is 18.4 Å². The van der Waals surface area contributed by atoms with Crippen LogP contribution in [0.25, 0.3) is 32.7 Å². The van der Waals surface area contributed by atoms with E-state index in [2.05, 4.69) is 81.2 Å². The number of hydrogen-bond donors (Lipinski definition) is 1. The Morgan fingerprint density at radius 2 is 1.60 bits per heavy atom. The van der Waals surface area contributed by atoms with Crippen LogP contribution in [0, 0.1) is 0 Å². The first-order valence-electron chi connectivity index (χ1n) is 12.1. The third kappa shape index (κ3) is 4.81. The number of hydrogen-bond acceptors (Lipinski definition) is 6. The third-order valence-corrected chi connectivity index (χ3v) is 7.49. The minimum Gasteiger partial charge on any atom is -0.367 e. The fourth-order valence-corrected chi connectivity index (χ4v) is 5.72. The molecular weight excluding hydrogens is 450 g/mol. The lowest BCUT2D eigenvalue weighted by molar-refractivity contribution is 0.211. The summed E-state index contributed by atoms with van der Waals surface area (Å²) in [5, 5.41) is 7.14. The van der Waals surface area contributed by atoms with E-state index in [4.69, 9.17) is 9.97 Å². The second kappa shape index (κ2) is 9.94. The van der Waals surface area contributed by atoms with Gasteiger partial charge in [-0.05, 0) is 36.1 Å². The van der Waals surface area contributed by atoms with Gasteiger partial charge in [0.05, 0.1) is 5.39 Å².